The van der Waals surface area contributed by atoms with Crippen molar-refractivity contribution in [2.45, 2.75) is 12.0 Å². The van der Waals surface area contributed by atoms with Gasteiger partial charge in [0.1, 0.15) is 17.7 Å². The Labute approximate surface area is 167 Å². The van der Waals surface area contributed by atoms with Gasteiger partial charge in [0.15, 0.2) is 0 Å². The van der Waals surface area contributed by atoms with E-state index in [0.29, 0.717) is 17.4 Å². The Hall–Kier alpha value is -2.43. The zero-order valence-corrected chi connectivity index (χ0v) is 16.1. The smallest absolute Gasteiger partial charge is 0.238 e. The number of rotatable bonds is 5. The zero-order valence-electron chi connectivity index (χ0n) is 14.5. The van der Waals surface area contributed by atoms with Gasteiger partial charge in [0.25, 0.3) is 0 Å². The number of ether oxygens (including phenoxy) is 1. The number of carbonyl (C=O) groups is 1. The second-order valence-electron chi connectivity index (χ2n) is 6.22. The molecule has 136 valence electrons. The van der Waals surface area contributed by atoms with Crippen LogP contribution in [0, 0.1) is 0 Å². The highest BCUT2D eigenvalue weighted by Gasteiger charge is 2.35. The number of carbonyl (C=O) groups excluding carboxylic acids is 1. The van der Waals surface area contributed by atoms with Crippen LogP contribution in [0.15, 0.2) is 78.9 Å². The van der Waals surface area contributed by atoms with Crippen LogP contribution in [0.3, 0.4) is 0 Å². The summed E-state index contributed by atoms with van der Waals surface area (Å²) in [5.74, 6) is 1.33. The highest BCUT2D eigenvalue weighted by Crippen LogP contribution is 2.45. The Kier molecular flexibility index (Phi) is 5.37. The molecule has 0 unspecified atom stereocenters. The second kappa shape index (κ2) is 8.07. The van der Waals surface area contributed by atoms with Crippen LogP contribution in [0.2, 0.25) is 5.02 Å². The summed E-state index contributed by atoms with van der Waals surface area (Å²) in [6, 6.07) is 25.4. The number of halogens is 1. The molecule has 1 amide bonds. The molecule has 1 fully saturated rings. The first-order chi connectivity index (χ1) is 13.2. The molecule has 5 heteroatoms. The van der Waals surface area contributed by atoms with Crippen molar-refractivity contribution in [3.63, 3.8) is 0 Å². The summed E-state index contributed by atoms with van der Waals surface area (Å²) in [5.41, 5.74) is 2.95. The first-order valence-electron chi connectivity index (χ1n) is 8.67. The van der Waals surface area contributed by atoms with Gasteiger partial charge in [-0.3, -0.25) is 9.69 Å². The van der Waals surface area contributed by atoms with Crippen molar-refractivity contribution in [1.82, 2.24) is 0 Å². The van der Waals surface area contributed by atoms with E-state index in [2.05, 4.69) is 0 Å². The minimum atomic E-state index is -0.120. The van der Waals surface area contributed by atoms with Gasteiger partial charge >= 0.3 is 0 Å². The number of hydrogen-bond acceptors (Lipinski definition) is 3. The van der Waals surface area contributed by atoms with Crippen LogP contribution in [0.25, 0.3) is 0 Å². The Morgan fingerprint density at radius 2 is 1.67 bits per heavy atom. The van der Waals surface area contributed by atoms with Gasteiger partial charge in [-0.1, -0.05) is 60.1 Å². The van der Waals surface area contributed by atoms with E-state index in [1.807, 2.05) is 83.8 Å². The number of thioether (sulfide) groups is 1. The quantitative estimate of drug-likeness (QED) is 0.555. The van der Waals surface area contributed by atoms with Gasteiger partial charge in [-0.15, -0.1) is 11.8 Å². The lowest BCUT2D eigenvalue weighted by Gasteiger charge is -2.26. The minimum Gasteiger partial charge on any atom is -0.489 e. The van der Waals surface area contributed by atoms with Gasteiger partial charge in [-0.25, -0.2) is 0 Å². The van der Waals surface area contributed by atoms with E-state index in [4.69, 9.17) is 16.3 Å². The third kappa shape index (κ3) is 3.97. The molecule has 0 spiro atoms. The van der Waals surface area contributed by atoms with Gasteiger partial charge in [-0.05, 0) is 35.9 Å². The maximum atomic E-state index is 12.6. The predicted molar refractivity (Wildman–Crippen MR) is 111 cm³/mol. The fourth-order valence-electron chi connectivity index (χ4n) is 3.09. The normalized spacial score (nSPS) is 16.6. The van der Waals surface area contributed by atoms with E-state index in [1.165, 1.54) is 0 Å². The number of hydrogen-bond donors (Lipinski definition) is 0. The molecule has 1 heterocycles. The molecule has 0 aromatic heterocycles. The molecule has 0 saturated carbocycles. The molecule has 1 saturated heterocycles. The van der Waals surface area contributed by atoms with Crippen molar-refractivity contribution in [1.29, 1.82) is 0 Å². The van der Waals surface area contributed by atoms with E-state index < -0.39 is 0 Å². The van der Waals surface area contributed by atoms with Gasteiger partial charge in [0, 0.05) is 16.3 Å². The van der Waals surface area contributed by atoms with Crippen LogP contribution in [-0.4, -0.2) is 11.7 Å². The molecule has 3 aromatic rings. The monoisotopic (exact) mass is 395 g/mol. The van der Waals surface area contributed by atoms with E-state index in [9.17, 15) is 4.79 Å². The summed E-state index contributed by atoms with van der Waals surface area (Å²) in [7, 11) is 0. The van der Waals surface area contributed by atoms with E-state index in [1.54, 1.807) is 11.8 Å². The third-order valence-electron chi connectivity index (χ3n) is 4.39. The number of nitrogens with zero attached hydrogens (tertiary/aromatic N) is 1. The van der Waals surface area contributed by atoms with E-state index >= 15 is 0 Å². The van der Waals surface area contributed by atoms with Gasteiger partial charge in [0.2, 0.25) is 5.91 Å². The van der Waals surface area contributed by atoms with Crippen LogP contribution >= 0.6 is 23.4 Å². The lowest BCUT2D eigenvalue weighted by atomic mass is 10.1. The highest BCUT2D eigenvalue weighted by atomic mass is 35.5. The van der Waals surface area contributed by atoms with Crippen molar-refractivity contribution in [2.24, 2.45) is 0 Å². The third-order valence-corrected chi connectivity index (χ3v) is 5.84. The molecule has 1 atom stereocenters. The van der Waals surface area contributed by atoms with Crippen molar-refractivity contribution in [3.05, 3.63) is 95.0 Å². The molecule has 0 aliphatic carbocycles. The number of amides is 1. The van der Waals surface area contributed by atoms with Crippen LogP contribution in [0.4, 0.5) is 5.69 Å². The molecule has 0 bridgehead atoms. The molecular weight excluding hydrogens is 378 g/mol. The van der Waals surface area contributed by atoms with Crippen LogP contribution in [0.1, 0.15) is 16.5 Å². The molecule has 0 N–H and O–H groups in total. The Balaban J connectivity index is 1.62. The summed E-state index contributed by atoms with van der Waals surface area (Å²) < 4.78 is 6.10. The lowest BCUT2D eigenvalue weighted by molar-refractivity contribution is -0.115. The zero-order chi connectivity index (χ0) is 18.6. The molecule has 1 aliphatic heterocycles. The maximum Gasteiger partial charge on any atom is 0.238 e. The second-order valence-corrected chi connectivity index (χ2v) is 7.72. The number of anilines is 1. The SMILES string of the molecule is O=C1CS[C@@H](c2ccccc2OCc2ccccc2)N1c1ccc(Cl)cc1. The van der Waals surface area contributed by atoms with E-state index in [0.717, 1.165) is 22.6 Å². The molecule has 27 heavy (non-hydrogen) atoms. The van der Waals surface area contributed by atoms with Gasteiger partial charge in [-0.2, -0.15) is 0 Å². The molecule has 0 radical (unpaired) electrons. The molecule has 3 nitrogen and oxygen atoms in total. The molecule has 4 rings (SSSR count). The van der Waals surface area contributed by atoms with Crippen molar-refractivity contribution in [2.75, 3.05) is 10.7 Å². The summed E-state index contributed by atoms with van der Waals surface area (Å²) >= 11 is 7.61. The lowest BCUT2D eigenvalue weighted by Crippen LogP contribution is -2.28. The predicted octanol–water partition coefficient (Wildman–Crippen LogP) is 5.70. The molecule has 3 aromatic carbocycles. The topological polar surface area (TPSA) is 29.5 Å². The summed E-state index contributed by atoms with van der Waals surface area (Å²) in [5, 5.41) is 0.534. The first-order valence-corrected chi connectivity index (χ1v) is 10.1. The highest BCUT2D eigenvalue weighted by molar-refractivity contribution is 8.00. The van der Waals surface area contributed by atoms with Gasteiger partial charge in [0.05, 0.1) is 5.75 Å². The first kappa shape index (κ1) is 18.0. The Bertz CT molecular complexity index is 931. The molecule has 1 aliphatic rings. The summed E-state index contributed by atoms with van der Waals surface area (Å²) in [6.07, 6.45) is 0. The van der Waals surface area contributed by atoms with Crippen molar-refractivity contribution >= 4 is 35.0 Å². The molecular formula is C22H18ClNO2S. The maximum absolute atomic E-state index is 12.6. The van der Waals surface area contributed by atoms with Crippen LogP contribution in [-0.2, 0) is 11.4 Å². The van der Waals surface area contributed by atoms with Crippen molar-refractivity contribution in [3.8, 4) is 5.75 Å². The Morgan fingerprint density at radius 3 is 2.44 bits per heavy atom. The van der Waals surface area contributed by atoms with Crippen molar-refractivity contribution < 1.29 is 9.53 Å². The summed E-state index contributed by atoms with van der Waals surface area (Å²) in [6.45, 7) is 0.490. The largest absolute Gasteiger partial charge is 0.489 e. The van der Waals surface area contributed by atoms with Crippen LogP contribution in [0.5, 0.6) is 5.75 Å². The fraction of sp³-hybridized carbons (Fsp3) is 0.136. The number of para-hydroxylation sites is 1. The summed E-state index contributed by atoms with van der Waals surface area (Å²) in [4.78, 5) is 14.4. The average Bonchev–Trinajstić information content (AvgIpc) is 3.09. The average molecular weight is 396 g/mol. The van der Waals surface area contributed by atoms with Gasteiger partial charge < -0.3 is 4.74 Å². The number of benzene rings is 3. The minimum absolute atomic E-state index is 0.0881. The fourth-order valence-corrected chi connectivity index (χ4v) is 4.41. The standard InChI is InChI=1S/C22H18ClNO2S/c23-17-10-12-18(13-11-17)24-21(25)15-27-22(24)19-8-4-5-9-20(19)26-14-16-6-2-1-3-7-16/h1-13,22H,14-15H2/t22-/m0/s1. The Morgan fingerprint density at radius 1 is 0.963 bits per heavy atom. The van der Waals surface area contributed by atoms with E-state index in [-0.39, 0.29) is 11.3 Å². The van der Waals surface area contributed by atoms with Crippen LogP contribution < -0.4 is 9.64 Å².